The van der Waals surface area contributed by atoms with Crippen LogP contribution in [0, 0.1) is 0 Å². The van der Waals surface area contributed by atoms with Crippen molar-refractivity contribution in [2.45, 2.75) is 38.1 Å². The van der Waals surface area contributed by atoms with Gasteiger partial charge in [0.15, 0.2) is 0 Å². The van der Waals surface area contributed by atoms with Crippen LogP contribution in [-0.4, -0.2) is 60.4 Å². The fourth-order valence-electron chi connectivity index (χ4n) is 3.80. The predicted octanol–water partition coefficient (Wildman–Crippen LogP) is 2.04. The smallest absolute Gasteiger partial charge is 0.236 e. The molecule has 2 aliphatic rings. The Balaban J connectivity index is 1.74. The highest BCUT2D eigenvalue weighted by Crippen LogP contribution is 2.29. The van der Waals surface area contributed by atoms with Gasteiger partial charge in [-0.1, -0.05) is 23.7 Å². The molecule has 2 fully saturated rings. The molecule has 2 aliphatic heterocycles. The minimum Gasteiger partial charge on any atom is -0.340 e. The van der Waals surface area contributed by atoms with Gasteiger partial charge in [0.25, 0.3) is 0 Å². The molecule has 0 radical (unpaired) electrons. The molecule has 2 saturated heterocycles. The summed E-state index contributed by atoms with van der Waals surface area (Å²) in [4.78, 5) is 29.2. The van der Waals surface area contributed by atoms with Gasteiger partial charge in [0.1, 0.15) is 0 Å². The number of piperidine rings is 1. The van der Waals surface area contributed by atoms with E-state index in [4.69, 9.17) is 11.6 Å². The van der Waals surface area contributed by atoms with Crippen molar-refractivity contribution < 1.29 is 9.59 Å². The van der Waals surface area contributed by atoms with Crippen LogP contribution in [0.4, 0.5) is 0 Å². The van der Waals surface area contributed by atoms with E-state index in [1.165, 1.54) is 0 Å². The summed E-state index contributed by atoms with van der Waals surface area (Å²) in [5.41, 5.74) is 0.283. The zero-order valence-corrected chi connectivity index (χ0v) is 15.7. The van der Waals surface area contributed by atoms with Crippen molar-refractivity contribution in [1.82, 2.24) is 15.1 Å². The maximum atomic E-state index is 13.2. The SMILES string of the molecule is CC(C)(C(=O)N1CCCC(N2CCNCC2=O)C1)c1cccc(Cl)c1. The number of likely N-dealkylation sites (tertiary alicyclic amines) is 1. The first kappa shape index (κ1) is 18.2. The molecule has 0 bridgehead atoms. The summed E-state index contributed by atoms with van der Waals surface area (Å²) in [6.07, 6.45) is 1.90. The van der Waals surface area contributed by atoms with Crippen LogP contribution in [0.3, 0.4) is 0 Å². The van der Waals surface area contributed by atoms with E-state index in [1.807, 2.05) is 47.9 Å². The van der Waals surface area contributed by atoms with E-state index in [0.29, 0.717) is 18.1 Å². The van der Waals surface area contributed by atoms with Crippen LogP contribution in [0.15, 0.2) is 24.3 Å². The summed E-state index contributed by atoms with van der Waals surface area (Å²) in [6.45, 7) is 7.21. The summed E-state index contributed by atoms with van der Waals surface area (Å²) in [7, 11) is 0. The Labute approximate surface area is 154 Å². The number of rotatable bonds is 3. The summed E-state index contributed by atoms with van der Waals surface area (Å²) in [5.74, 6) is 0.238. The zero-order valence-electron chi connectivity index (χ0n) is 14.9. The average Bonchev–Trinajstić information content (AvgIpc) is 2.61. The summed E-state index contributed by atoms with van der Waals surface area (Å²) in [6, 6.07) is 7.64. The molecule has 3 rings (SSSR count). The van der Waals surface area contributed by atoms with E-state index in [0.717, 1.165) is 38.0 Å². The van der Waals surface area contributed by atoms with Gasteiger partial charge in [0, 0.05) is 37.2 Å². The van der Waals surface area contributed by atoms with E-state index in [-0.39, 0.29) is 17.9 Å². The Hall–Kier alpha value is -1.59. The molecule has 6 heteroatoms. The lowest BCUT2D eigenvalue weighted by molar-refractivity contribution is -0.143. The second kappa shape index (κ2) is 7.34. The third-order valence-corrected chi connectivity index (χ3v) is 5.57. The second-order valence-corrected chi connectivity index (χ2v) is 7.88. The lowest BCUT2D eigenvalue weighted by atomic mass is 9.82. The van der Waals surface area contributed by atoms with Crippen LogP contribution in [0.25, 0.3) is 0 Å². The third kappa shape index (κ3) is 3.82. The molecule has 136 valence electrons. The van der Waals surface area contributed by atoms with Crippen molar-refractivity contribution in [2.75, 3.05) is 32.7 Å². The Morgan fingerprint density at radius 1 is 1.32 bits per heavy atom. The van der Waals surface area contributed by atoms with Gasteiger partial charge in [-0.3, -0.25) is 9.59 Å². The van der Waals surface area contributed by atoms with Crippen LogP contribution in [0.2, 0.25) is 5.02 Å². The van der Waals surface area contributed by atoms with Crippen molar-refractivity contribution in [3.8, 4) is 0 Å². The molecular formula is C19H26ClN3O2. The molecule has 25 heavy (non-hydrogen) atoms. The van der Waals surface area contributed by atoms with Crippen molar-refractivity contribution in [1.29, 1.82) is 0 Å². The zero-order chi connectivity index (χ0) is 18.0. The topological polar surface area (TPSA) is 52.7 Å². The fraction of sp³-hybridized carbons (Fsp3) is 0.579. The Morgan fingerprint density at radius 2 is 2.12 bits per heavy atom. The van der Waals surface area contributed by atoms with E-state index < -0.39 is 5.41 Å². The van der Waals surface area contributed by atoms with Crippen LogP contribution < -0.4 is 5.32 Å². The number of amides is 2. The standard InChI is InChI=1S/C19H26ClN3O2/c1-19(2,14-5-3-6-15(20)11-14)18(25)22-9-4-7-16(13-22)23-10-8-21-12-17(23)24/h3,5-6,11,16,21H,4,7-10,12-13H2,1-2H3. The van der Waals surface area contributed by atoms with Crippen molar-refractivity contribution in [3.63, 3.8) is 0 Å². The van der Waals surface area contributed by atoms with Gasteiger partial charge in [-0.2, -0.15) is 0 Å². The highest BCUT2D eigenvalue weighted by atomic mass is 35.5. The number of hydrogen-bond donors (Lipinski definition) is 1. The molecule has 0 aromatic heterocycles. The van der Waals surface area contributed by atoms with Gasteiger partial charge < -0.3 is 15.1 Å². The Morgan fingerprint density at radius 3 is 2.84 bits per heavy atom. The molecule has 2 heterocycles. The maximum absolute atomic E-state index is 13.2. The lowest BCUT2D eigenvalue weighted by Crippen LogP contribution is -2.58. The highest BCUT2D eigenvalue weighted by Gasteiger charge is 2.38. The minimum atomic E-state index is -0.639. The highest BCUT2D eigenvalue weighted by molar-refractivity contribution is 6.30. The van der Waals surface area contributed by atoms with Gasteiger partial charge >= 0.3 is 0 Å². The Bertz CT molecular complexity index is 662. The molecule has 0 aliphatic carbocycles. The molecule has 1 aromatic rings. The van der Waals surface area contributed by atoms with Gasteiger partial charge in [-0.05, 0) is 44.4 Å². The monoisotopic (exact) mass is 363 g/mol. The molecule has 2 amide bonds. The van der Waals surface area contributed by atoms with Crippen LogP contribution in [-0.2, 0) is 15.0 Å². The van der Waals surface area contributed by atoms with Crippen molar-refractivity contribution in [3.05, 3.63) is 34.9 Å². The van der Waals surface area contributed by atoms with Gasteiger partial charge in [-0.15, -0.1) is 0 Å². The average molecular weight is 364 g/mol. The summed E-state index contributed by atoms with van der Waals surface area (Å²) < 4.78 is 0. The maximum Gasteiger partial charge on any atom is 0.236 e. The molecule has 1 N–H and O–H groups in total. The first-order chi connectivity index (χ1) is 11.9. The number of nitrogens with one attached hydrogen (secondary N) is 1. The first-order valence-electron chi connectivity index (χ1n) is 8.95. The number of benzene rings is 1. The number of carbonyl (C=O) groups excluding carboxylic acids is 2. The van der Waals surface area contributed by atoms with E-state index in [9.17, 15) is 9.59 Å². The number of hydrogen-bond acceptors (Lipinski definition) is 3. The van der Waals surface area contributed by atoms with Crippen LogP contribution >= 0.6 is 11.6 Å². The lowest BCUT2D eigenvalue weighted by Gasteiger charge is -2.43. The quantitative estimate of drug-likeness (QED) is 0.894. The number of nitrogens with zero attached hydrogens (tertiary/aromatic N) is 2. The minimum absolute atomic E-state index is 0.0991. The molecule has 0 saturated carbocycles. The van der Waals surface area contributed by atoms with Crippen LogP contribution in [0.1, 0.15) is 32.3 Å². The Kier molecular flexibility index (Phi) is 5.35. The number of carbonyl (C=O) groups is 2. The molecule has 1 aromatic carbocycles. The normalized spacial score (nSPS) is 22.2. The van der Waals surface area contributed by atoms with E-state index in [2.05, 4.69) is 5.32 Å². The second-order valence-electron chi connectivity index (χ2n) is 7.45. The first-order valence-corrected chi connectivity index (χ1v) is 9.33. The fourth-order valence-corrected chi connectivity index (χ4v) is 3.99. The molecule has 5 nitrogen and oxygen atoms in total. The van der Waals surface area contributed by atoms with Crippen molar-refractivity contribution >= 4 is 23.4 Å². The van der Waals surface area contributed by atoms with Gasteiger partial charge in [-0.25, -0.2) is 0 Å². The molecule has 1 atom stereocenters. The predicted molar refractivity (Wildman–Crippen MR) is 98.7 cm³/mol. The molecule has 1 unspecified atom stereocenters. The van der Waals surface area contributed by atoms with E-state index >= 15 is 0 Å². The molecule has 0 spiro atoms. The van der Waals surface area contributed by atoms with Crippen molar-refractivity contribution in [2.24, 2.45) is 0 Å². The van der Waals surface area contributed by atoms with Gasteiger partial charge in [0.05, 0.1) is 12.0 Å². The largest absolute Gasteiger partial charge is 0.340 e. The van der Waals surface area contributed by atoms with Gasteiger partial charge in [0.2, 0.25) is 11.8 Å². The number of piperazine rings is 1. The van der Waals surface area contributed by atoms with E-state index in [1.54, 1.807) is 0 Å². The van der Waals surface area contributed by atoms with Crippen LogP contribution in [0.5, 0.6) is 0 Å². The third-order valence-electron chi connectivity index (χ3n) is 5.33. The molecular weight excluding hydrogens is 338 g/mol. The number of halogens is 1. The summed E-state index contributed by atoms with van der Waals surface area (Å²) >= 11 is 6.11. The summed E-state index contributed by atoms with van der Waals surface area (Å²) in [5, 5.41) is 3.74.